The molecule has 3 amide bonds. The number of phenolic OH excluding ortho intramolecular Hbond substituents is 1. The summed E-state index contributed by atoms with van der Waals surface area (Å²) < 4.78 is 10.1. The van der Waals surface area contributed by atoms with Crippen LogP contribution in [0, 0.1) is 17.3 Å². The molecule has 0 heterocycles. The molecule has 0 unspecified atom stereocenters. The lowest BCUT2D eigenvalue weighted by Gasteiger charge is -2.50. The Labute approximate surface area is 307 Å². The molecule has 0 saturated heterocycles. The van der Waals surface area contributed by atoms with Crippen molar-refractivity contribution in [2.24, 2.45) is 23.0 Å². The third-order valence-electron chi connectivity index (χ3n) is 9.77. The van der Waals surface area contributed by atoms with E-state index in [9.17, 15) is 49.2 Å². The molecule has 17 nitrogen and oxygen atoms in total. The number of amides is 3. The van der Waals surface area contributed by atoms with Gasteiger partial charge in [0.05, 0.1) is 22.7 Å². The van der Waals surface area contributed by atoms with Gasteiger partial charge in [-0.3, -0.25) is 33.8 Å². The van der Waals surface area contributed by atoms with E-state index in [0.29, 0.717) is 11.3 Å². The van der Waals surface area contributed by atoms with E-state index in [1.54, 1.807) is 60.5 Å². The fraction of sp³-hybridized carbons (Fsp3) is 0.556. The molecular formula is C36H49N5O12. The molecule has 0 aliphatic heterocycles. The molecule has 0 radical (unpaired) electrons. The Balaban J connectivity index is 1.73. The van der Waals surface area contributed by atoms with Crippen LogP contribution in [0.15, 0.2) is 23.0 Å². The fourth-order valence-electron chi connectivity index (χ4n) is 7.12. The Morgan fingerprint density at radius 2 is 1.60 bits per heavy atom. The van der Waals surface area contributed by atoms with Crippen LogP contribution in [0.3, 0.4) is 0 Å². The van der Waals surface area contributed by atoms with Crippen LogP contribution in [0.2, 0.25) is 0 Å². The van der Waals surface area contributed by atoms with Crippen molar-refractivity contribution in [3.05, 3.63) is 34.1 Å². The number of aromatic hydroxyl groups is 1. The summed E-state index contributed by atoms with van der Waals surface area (Å²) in [5.74, 6) is -9.38. The average Bonchev–Trinajstić information content (AvgIpc) is 3.01. The molecule has 53 heavy (non-hydrogen) atoms. The summed E-state index contributed by atoms with van der Waals surface area (Å²) >= 11 is 0. The van der Waals surface area contributed by atoms with E-state index < -0.39 is 106 Å². The Morgan fingerprint density at radius 1 is 1.00 bits per heavy atom. The first-order chi connectivity index (χ1) is 24.3. The van der Waals surface area contributed by atoms with Gasteiger partial charge in [-0.1, -0.05) is 0 Å². The summed E-state index contributed by atoms with van der Waals surface area (Å²) in [6.45, 7) is 8.56. The van der Waals surface area contributed by atoms with E-state index in [-0.39, 0.29) is 29.7 Å². The molecule has 1 aromatic carbocycles. The van der Waals surface area contributed by atoms with Crippen LogP contribution in [0.25, 0.3) is 5.76 Å². The first-order valence-electron chi connectivity index (χ1n) is 16.9. The van der Waals surface area contributed by atoms with Crippen LogP contribution in [0.1, 0.15) is 59.1 Å². The number of esters is 1. The van der Waals surface area contributed by atoms with Crippen molar-refractivity contribution >= 4 is 52.6 Å². The number of nitrogens with two attached hydrogens (primary N) is 1. The normalized spacial score (nSPS) is 22.8. The molecule has 0 bridgehead atoms. The minimum atomic E-state index is -2.81. The van der Waals surface area contributed by atoms with Crippen molar-refractivity contribution in [3.8, 4) is 5.75 Å². The topological polar surface area (TPSA) is 250 Å². The maximum absolute atomic E-state index is 14.2. The fourth-order valence-corrected chi connectivity index (χ4v) is 7.12. The number of rotatable bonds is 8. The summed E-state index contributed by atoms with van der Waals surface area (Å²) in [4.78, 5) is 82.6. The van der Waals surface area contributed by atoms with Gasteiger partial charge >= 0.3 is 12.1 Å². The average molecular weight is 744 g/mol. The SMILES string of the molecule is CN(C)c1cc(NC(=O)CN(C(=O)OCOC(=O)C(C)(C)C)C(C)(C)C)c(O)c2c1C[C@H]1C[C@H]3[C@H](N(C)C)C(=O)C(C(N)=O)=C(O)[C@@]3(O)C(=O)C1=C2O. The van der Waals surface area contributed by atoms with Crippen LogP contribution >= 0.6 is 0 Å². The van der Waals surface area contributed by atoms with E-state index >= 15 is 0 Å². The van der Waals surface area contributed by atoms with Crippen molar-refractivity contribution in [1.82, 2.24) is 9.80 Å². The first-order valence-corrected chi connectivity index (χ1v) is 16.9. The van der Waals surface area contributed by atoms with Crippen molar-refractivity contribution in [2.75, 3.05) is 51.7 Å². The second-order valence-corrected chi connectivity index (χ2v) is 16.0. The smallest absolute Gasteiger partial charge is 0.413 e. The molecule has 290 valence electrons. The van der Waals surface area contributed by atoms with E-state index in [1.165, 1.54) is 25.1 Å². The highest BCUT2D eigenvalue weighted by Gasteiger charge is 2.64. The number of ether oxygens (including phenoxy) is 2. The first kappa shape index (κ1) is 40.6. The molecule has 3 aliphatic rings. The zero-order chi connectivity index (χ0) is 40.3. The summed E-state index contributed by atoms with van der Waals surface area (Å²) in [7, 11) is 6.39. The molecule has 0 spiro atoms. The standard InChI is InChI=1S/C36H49N5O12/c1-34(2,3)32(49)52-15-53-33(50)41(35(4,5)6)14-21(42)38-19-13-20(39(7)8)17-11-16-12-18-25(40(9)10)28(45)24(31(37)48)30(47)36(18,51)29(46)22(16)27(44)23(17)26(19)43/h13,16,18,25,43-44,47,51H,11-12,14-15H2,1-10H3,(H2,37,48)(H,38,42)/t16-,18-,25-,36-/m0/s1. The Kier molecular flexibility index (Phi) is 10.7. The lowest BCUT2D eigenvalue weighted by Crippen LogP contribution is -2.65. The minimum absolute atomic E-state index is 0.0350. The minimum Gasteiger partial charge on any atom is -0.508 e. The number of ketones is 2. The lowest BCUT2D eigenvalue weighted by atomic mass is 9.57. The predicted molar refractivity (Wildman–Crippen MR) is 191 cm³/mol. The quantitative estimate of drug-likeness (QED) is 0.0961. The number of fused-ring (bicyclic) bond motifs is 3. The second kappa shape index (κ2) is 14.0. The number of hydrogen-bond donors (Lipinski definition) is 6. The molecule has 4 rings (SSSR count). The number of carbonyl (C=O) groups excluding carboxylic acids is 6. The summed E-state index contributed by atoms with van der Waals surface area (Å²) in [6, 6.07) is 0.229. The Bertz CT molecular complexity index is 1830. The second-order valence-electron chi connectivity index (χ2n) is 16.0. The summed E-state index contributed by atoms with van der Waals surface area (Å²) in [6.07, 6.45) is -1.02. The molecular weight excluding hydrogens is 694 g/mol. The number of primary amides is 1. The molecule has 1 saturated carbocycles. The lowest BCUT2D eigenvalue weighted by molar-refractivity contribution is -0.162. The van der Waals surface area contributed by atoms with Crippen molar-refractivity contribution < 1.29 is 58.7 Å². The number of nitrogens with one attached hydrogen (secondary N) is 1. The van der Waals surface area contributed by atoms with Crippen LogP contribution in [-0.2, 0) is 39.9 Å². The van der Waals surface area contributed by atoms with Crippen LogP contribution in [-0.4, -0.2) is 124 Å². The summed E-state index contributed by atoms with van der Waals surface area (Å²) in [5.41, 5.74) is -0.0903. The number of hydrogen-bond acceptors (Lipinski definition) is 14. The van der Waals surface area contributed by atoms with Gasteiger partial charge in [-0.15, -0.1) is 0 Å². The van der Waals surface area contributed by atoms with E-state index in [4.69, 9.17) is 15.2 Å². The number of benzene rings is 1. The molecule has 0 aromatic heterocycles. The highest BCUT2D eigenvalue weighted by atomic mass is 16.7. The molecule has 1 fully saturated rings. The number of aliphatic hydroxyl groups is 3. The van der Waals surface area contributed by atoms with Gasteiger partial charge in [0.15, 0.2) is 11.4 Å². The highest BCUT2D eigenvalue weighted by Crippen LogP contribution is 2.54. The predicted octanol–water partition coefficient (Wildman–Crippen LogP) is 1.75. The van der Waals surface area contributed by atoms with Crippen molar-refractivity contribution in [2.45, 2.75) is 71.6 Å². The number of likely N-dealkylation sites (N-methyl/N-ethyl adjacent to an activating group) is 1. The number of phenols is 1. The Hall–Kier alpha value is -5.16. The van der Waals surface area contributed by atoms with Gasteiger partial charge in [-0.05, 0) is 86.0 Å². The number of anilines is 2. The molecule has 17 heteroatoms. The van der Waals surface area contributed by atoms with E-state index in [0.717, 1.165) is 4.90 Å². The van der Waals surface area contributed by atoms with Gasteiger partial charge in [0.1, 0.15) is 29.4 Å². The van der Waals surface area contributed by atoms with E-state index in [1.807, 2.05) is 0 Å². The van der Waals surface area contributed by atoms with Crippen molar-refractivity contribution in [1.29, 1.82) is 0 Å². The monoisotopic (exact) mass is 743 g/mol. The molecule has 7 N–H and O–H groups in total. The number of carbonyl (C=O) groups is 6. The van der Waals surface area contributed by atoms with Gasteiger partial charge in [-0.2, -0.15) is 0 Å². The van der Waals surface area contributed by atoms with Gasteiger partial charge in [0, 0.05) is 36.8 Å². The van der Waals surface area contributed by atoms with Gasteiger partial charge in [0.2, 0.25) is 18.5 Å². The molecule has 1 aromatic rings. The van der Waals surface area contributed by atoms with E-state index in [2.05, 4.69) is 5.32 Å². The molecule has 4 atom stereocenters. The van der Waals surface area contributed by atoms with Gasteiger partial charge in [-0.25, -0.2) is 4.79 Å². The van der Waals surface area contributed by atoms with Crippen LogP contribution in [0.4, 0.5) is 16.2 Å². The third-order valence-corrected chi connectivity index (χ3v) is 9.77. The van der Waals surface area contributed by atoms with Gasteiger partial charge < -0.3 is 45.9 Å². The maximum atomic E-state index is 14.2. The van der Waals surface area contributed by atoms with Crippen LogP contribution in [0.5, 0.6) is 5.75 Å². The third kappa shape index (κ3) is 7.14. The maximum Gasteiger partial charge on any atom is 0.413 e. The Morgan fingerprint density at radius 3 is 2.11 bits per heavy atom. The largest absolute Gasteiger partial charge is 0.508 e. The number of aliphatic hydroxyl groups excluding tert-OH is 2. The zero-order valence-corrected chi connectivity index (χ0v) is 31.6. The number of Topliss-reactive ketones (excluding diaryl/α,β-unsaturated/α-hetero) is 2. The highest BCUT2D eigenvalue weighted by molar-refractivity contribution is 6.24. The van der Waals surface area contributed by atoms with Crippen LogP contribution < -0.4 is 16.0 Å². The summed E-state index contributed by atoms with van der Waals surface area (Å²) in [5, 5.41) is 48.9. The van der Waals surface area contributed by atoms with Gasteiger partial charge in [0.25, 0.3) is 5.91 Å². The number of nitrogens with zero attached hydrogens (tertiary/aromatic N) is 3. The molecule has 3 aliphatic carbocycles. The van der Waals surface area contributed by atoms with Crippen molar-refractivity contribution in [3.63, 3.8) is 0 Å². The zero-order valence-electron chi connectivity index (χ0n) is 31.6.